The average Bonchev–Trinajstić information content (AvgIpc) is 3.52. The number of halogens is 3. The summed E-state index contributed by atoms with van der Waals surface area (Å²) < 4.78 is 40.1. The maximum absolute atomic E-state index is 13.0. The van der Waals surface area contributed by atoms with Crippen molar-refractivity contribution in [1.82, 2.24) is 14.8 Å². The number of likely N-dealkylation sites (tertiary alicyclic amines) is 1. The summed E-state index contributed by atoms with van der Waals surface area (Å²) in [6.07, 6.45) is 2.67. The Labute approximate surface area is 178 Å². The fourth-order valence-electron chi connectivity index (χ4n) is 4.18. The highest BCUT2D eigenvalue weighted by Crippen LogP contribution is 2.46. The molecule has 2 aromatic rings. The molecule has 0 spiro atoms. The van der Waals surface area contributed by atoms with Gasteiger partial charge in [0.1, 0.15) is 0 Å². The molecular formula is C23H26F3N3O2. The molecular weight excluding hydrogens is 407 g/mol. The Morgan fingerprint density at radius 2 is 1.81 bits per heavy atom. The summed E-state index contributed by atoms with van der Waals surface area (Å²) in [5.41, 5.74) is -0.925. The third-order valence-corrected chi connectivity index (χ3v) is 6.21. The van der Waals surface area contributed by atoms with Crippen LogP contribution in [-0.4, -0.2) is 41.6 Å². The monoisotopic (exact) mass is 433 g/mol. The van der Waals surface area contributed by atoms with Crippen LogP contribution in [-0.2, 0) is 6.18 Å². The number of carbonyl (C=O) groups is 1. The van der Waals surface area contributed by atoms with Gasteiger partial charge in [-0.05, 0) is 63.0 Å². The topological polar surface area (TPSA) is 54.3 Å². The van der Waals surface area contributed by atoms with Crippen molar-refractivity contribution in [3.05, 3.63) is 64.1 Å². The first kappa shape index (κ1) is 21.6. The molecule has 31 heavy (non-hydrogen) atoms. The van der Waals surface area contributed by atoms with Gasteiger partial charge in [0.2, 0.25) is 0 Å². The van der Waals surface area contributed by atoms with Gasteiger partial charge in [-0.2, -0.15) is 13.2 Å². The summed E-state index contributed by atoms with van der Waals surface area (Å²) in [6, 6.07) is 7.12. The van der Waals surface area contributed by atoms with E-state index in [0.717, 1.165) is 49.2 Å². The van der Waals surface area contributed by atoms with Crippen LogP contribution >= 0.6 is 0 Å². The molecule has 1 saturated carbocycles. The number of benzene rings is 1. The number of aromatic nitrogens is 1. The summed E-state index contributed by atoms with van der Waals surface area (Å²) in [7, 11) is 0. The predicted octanol–water partition coefficient (Wildman–Crippen LogP) is 3.85. The zero-order valence-corrected chi connectivity index (χ0v) is 17.3. The van der Waals surface area contributed by atoms with E-state index in [1.807, 2.05) is 0 Å². The highest BCUT2D eigenvalue weighted by molar-refractivity contribution is 5.94. The summed E-state index contributed by atoms with van der Waals surface area (Å²) in [5, 5.41) is 2.96. The Balaban J connectivity index is 1.46. The highest BCUT2D eigenvalue weighted by atomic mass is 19.4. The molecule has 1 aromatic carbocycles. The highest BCUT2D eigenvalue weighted by Gasteiger charge is 2.44. The van der Waals surface area contributed by atoms with Crippen LogP contribution in [0, 0.1) is 5.41 Å². The van der Waals surface area contributed by atoms with Gasteiger partial charge in [0.05, 0.1) is 11.1 Å². The van der Waals surface area contributed by atoms with Gasteiger partial charge in [-0.3, -0.25) is 14.2 Å². The van der Waals surface area contributed by atoms with Gasteiger partial charge in [-0.1, -0.05) is 12.5 Å². The van der Waals surface area contributed by atoms with Crippen LogP contribution in [0.3, 0.4) is 0 Å². The second-order valence-corrected chi connectivity index (χ2v) is 8.69. The van der Waals surface area contributed by atoms with Crippen molar-refractivity contribution in [3.8, 4) is 5.69 Å². The average molecular weight is 433 g/mol. The van der Waals surface area contributed by atoms with Crippen molar-refractivity contribution >= 4 is 5.91 Å². The second kappa shape index (κ2) is 8.49. The van der Waals surface area contributed by atoms with Crippen LogP contribution in [0.2, 0.25) is 0 Å². The lowest BCUT2D eigenvalue weighted by molar-refractivity contribution is -0.137. The molecule has 2 fully saturated rings. The third-order valence-electron chi connectivity index (χ3n) is 6.21. The quantitative estimate of drug-likeness (QED) is 0.753. The Morgan fingerprint density at radius 3 is 2.48 bits per heavy atom. The molecule has 0 unspecified atom stereocenters. The summed E-state index contributed by atoms with van der Waals surface area (Å²) in [6.45, 7) is 3.76. The van der Waals surface area contributed by atoms with E-state index < -0.39 is 17.3 Å². The minimum absolute atomic E-state index is 0.0678. The zero-order valence-electron chi connectivity index (χ0n) is 17.3. The van der Waals surface area contributed by atoms with E-state index in [4.69, 9.17) is 0 Å². The molecule has 1 amide bonds. The number of nitrogens with one attached hydrogen (secondary N) is 1. The largest absolute Gasteiger partial charge is 0.416 e. The van der Waals surface area contributed by atoms with E-state index in [0.29, 0.717) is 6.54 Å². The van der Waals surface area contributed by atoms with Crippen molar-refractivity contribution in [1.29, 1.82) is 0 Å². The Morgan fingerprint density at radius 1 is 1.06 bits per heavy atom. The fourth-order valence-corrected chi connectivity index (χ4v) is 4.18. The standard InChI is InChI=1S/C23H26F3N3O2/c24-23(25,26)18-5-4-6-19(13-18)29-14-17(7-8-20(29)30)21(31)27-15-22(9-10-22)16-28-11-2-1-3-12-28/h4-8,13-14H,1-3,9-12,15-16H2,(H,27,31). The van der Waals surface area contributed by atoms with Crippen molar-refractivity contribution < 1.29 is 18.0 Å². The first-order valence-electron chi connectivity index (χ1n) is 10.7. The summed E-state index contributed by atoms with van der Waals surface area (Å²) >= 11 is 0. The number of piperidine rings is 1. The molecule has 8 heteroatoms. The molecule has 0 atom stereocenters. The molecule has 2 aliphatic rings. The first-order chi connectivity index (χ1) is 14.8. The molecule has 2 heterocycles. The number of carbonyl (C=O) groups excluding carboxylic acids is 1. The maximum Gasteiger partial charge on any atom is 0.416 e. The second-order valence-electron chi connectivity index (χ2n) is 8.69. The summed E-state index contributed by atoms with van der Waals surface area (Å²) in [4.78, 5) is 27.4. The molecule has 5 nitrogen and oxygen atoms in total. The Kier molecular flexibility index (Phi) is 5.92. The maximum atomic E-state index is 13.0. The minimum atomic E-state index is -4.51. The predicted molar refractivity (Wildman–Crippen MR) is 111 cm³/mol. The van der Waals surface area contributed by atoms with Gasteiger partial charge in [-0.15, -0.1) is 0 Å². The van der Waals surface area contributed by atoms with Crippen LogP contribution in [0.5, 0.6) is 0 Å². The number of hydrogen-bond donors (Lipinski definition) is 1. The van der Waals surface area contributed by atoms with Gasteiger partial charge < -0.3 is 10.2 Å². The summed E-state index contributed by atoms with van der Waals surface area (Å²) in [5.74, 6) is -0.328. The molecule has 1 aromatic heterocycles. The van der Waals surface area contributed by atoms with Gasteiger partial charge in [0.25, 0.3) is 11.5 Å². The lowest BCUT2D eigenvalue weighted by atomic mass is 10.0. The Bertz CT molecular complexity index is 1010. The number of nitrogens with zero attached hydrogens (tertiary/aromatic N) is 2. The van der Waals surface area contributed by atoms with Crippen LogP contribution in [0.4, 0.5) is 13.2 Å². The smallest absolute Gasteiger partial charge is 0.351 e. The molecule has 1 saturated heterocycles. The first-order valence-corrected chi connectivity index (χ1v) is 10.7. The molecule has 0 radical (unpaired) electrons. The van der Waals surface area contributed by atoms with Gasteiger partial charge >= 0.3 is 6.18 Å². The van der Waals surface area contributed by atoms with E-state index in [2.05, 4.69) is 10.2 Å². The van der Waals surface area contributed by atoms with Crippen LogP contribution in [0.15, 0.2) is 47.4 Å². The lowest BCUT2D eigenvalue weighted by Crippen LogP contribution is -2.40. The van der Waals surface area contributed by atoms with Crippen molar-refractivity contribution in [2.45, 2.75) is 38.3 Å². The normalized spacial score (nSPS) is 18.5. The van der Waals surface area contributed by atoms with Gasteiger partial charge in [-0.25, -0.2) is 0 Å². The number of hydrogen-bond acceptors (Lipinski definition) is 3. The molecule has 166 valence electrons. The fraction of sp³-hybridized carbons (Fsp3) is 0.478. The number of alkyl halides is 3. The Hall–Kier alpha value is -2.61. The van der Waals surface area contributed by atoms with Crippen LogP contribution in [0.1, 0.15) is 48.0 Å². The van der Waals surface area contributed by atoms with Crippen molar-refractivity contribution in [2.75, 3.05) is 26.2 Å². The van der Waals surface area contributed by atoms with Crippen LogP contribution < -0.4 is 10.9 Å². The van der Waals surface area contributed by atoms with Crippen LogP contribution in [0.25, 0.3) is 5.69 Å². The third kappa shape index (κ3) is 5.18. The molecule has 1 aliphatic heterocycles. The van der Waals surface area contributed by atoms with Crippen molar-refractivity contribution in [3.63, 3.8) is 0 Å². The molecule has 4 rings (SSSR count). The van der Waals surface area contributed by atoms with E-state index in [1.165, 1.54) is 49.7 Å². The van der Waals surface area contributed by atoms with Gasteiger partial charge in [0.15, 0.2) is 0 Å². The van der Waals surface area contributed by atoms with Gasteiger partial charge in [0, 0.05) is 36.5 Å². The van der Waals surface area contributed by atoms with E-state index >= 15 is 0 Å². The molecule has 1 N–H and O–H groups in total. The van der Waals surface area contributed by atoms with Crippen molar-refractivity contribution in [2.24, 2.45) is 5.41 Å². The lowest BCUT2D eigenvalue weighted by Gasteiger charge is -2.30. The number of pyridine rings is 1. The van der Waals surface area contributed by atoms with E-state index in [9.17, 15) is 22.8 Å². The number of rotatable bonds is 6. The number of amides is 1. The zero-order chi connectivity index (χ0) is 22.1. The molecule has 1 aliphatic carbocycles. The van der Waals surface area contributed by atoms with E-state index in [-0.39, 0.29) is 22.6 Å². The minimum Gasteiger partial charge on any atom is -0.351 e. The molecule has 0 bridgehead atoms. The van der Waals surface area contributed by atoms with E-state index in [1.54, 1.807) is 0 Å². The SMILES string of the molecule is O=C(NCC1(CN2CCCCC2)CC1)c1ccc(=O)n(-c2cccc(C(F)(F)F)c2)c1.